The summed E-state index contributed by atoms with van der Waals surface area (Å²) in [6.07, 6.45) is 1.97. The first-order valence-electron chi connectivity index (χ1n) is 8.50. The molecule has 2 aromatic heterocycles. The van der Waals surface area contributed by atoms with Gasteiger partial charge in [0, 0.05) is 12.7 Å². The van der Waals surface area contributed by atoms with E-state index >= 15 is 0 Å². The van der Waals surface area contributed by atoms with Gasteiger partial charge in [-0.3, -0.25) is 9.78 Å². The highest BCUT2D eigenvalue weighted by Gasteiger charge is 2.23. The molecule has 0 aliphatic heterocycles. The number of carboxylic acids is 1. The lowest BCUT2D eigenvalue weighted by Gasteiger charge is -2.15. The minimum atomic E-state index is -1.49. The number of rotatable bonds is 5. The van der Waals surface area contributed by atoms with Crippen molar-refractivity contribution >= 4 is 17.0 Å². The van der Waals surface area contributed by atoms with E-state index in [1.807, 2.05) is 13.8 Å². The molecule has 0 radical (unpaired) electrons. The molecule has 1 aromatic carbocycles. The maximum atomic E-state index is 13.1. The van der Waals surface area contributed by atoms with Gasteiger partial charge in [-0.2, -0.15) is 0 Å². The number of hydrogen-bond acceptors (Lipinski definition) is 4. The molecule has 0 spiro atoms. The highest BCUT2D eigenvalue weighted by Crippen LogP contribution is 2.26. The molecule has 0 atom stereocenters. The van der Waals surface area contributed by atoms with Crippen LogP contribution in [0.2, 0.25) is 0 Å². The molecule has 0 unspecified atom stereocenters. The van der Waals surface area contributed by atoms with Gasteiger partial charge < -0.3 is 14.8 Å². The molecule has 3 rings (SSSR count). The average Bonchev–Trinajstić information content (AvgIpc) is 2.60. The second kappa shape index (κ2) is 7.19. The highest BCUT2D eigenvalue weighted by atomic mass is 19.1. The summed E-state index contributed by atoms with van der Waals surface area (Å²) in [7, 11) is 0. The van der Waals surface area contributed by atoms with Crippen molar-refractivity contribution in [3.05, 3.63) is 69.4 Å². The third-order valence-corrected chi connectivity index (χ3v) is 4.22. The minimum absolute atomic E-state index is 0.0653. The maximum absolute atomic E-state index is 13.1. The zero-order chi connectivity index (χ0) is 19.7. The first kappa shape index (κ1) is 18.6. The first-order chi connectivity index (χ1) is 12.8. The number of carbonyl (C=O) groups is 1. The van der Waals surface area contributed by atoms with Gasteiger partial charge in [-0.15, -0.1) is 0 Å². The van der Waals surface area contributed by atoms with Crippen molar-refractivity contribution in [1.29, 1.82) is 0 Å². The molecule has 2 heterocycles. The first-order valence-corrected chi connectivity index (χ1v) is 8.50. The number of halogens is 1. The van der Waals surface area contributed by atoms with E-state index in [2.05, 4.69) is 4.98 Å². The molecule has 0 amide bonds. The van der Waals surface area contributed by atoms with Gasteiger partial charge in [-0.05, 0) is 41.7 Å². The second-order valence-corrected chi connectivity index (χ2v) is 6.85. The average molecular weight is 370 g/mol. The Hall–Kier alpha value is -3.22. The molecule has 2 N–H and O–H groups in total. The van der Waals surface area contributed by atoms with Gasteiger partial charge >= 0.3 is 5.97 Å². The van der Waals surface area contributed by atoms with Crippen LogP contribution >= 0.6 is 0 Å². The molecule has 0 saturated heterocycles. The van der Waals surface area contributed by atoms with Crippen LogP contribution in [-0.4, -0.2) is 25.7 Å². The van der Waals surface area contributed by atoms with Crippen LogP contribution in [0.15, 0.2) is 41.3 Å². The van der Waals surface area contributed by atoms with E-state index in [0.29, 0.717) is 11.9 Å². The SMILES string of the molecule is CC(C)Cn1c(=O)c(C(=O)O)c(O)c2ncc(Cc3ccc(F)cc3)cc21. The van der Waals surface area contributed by atoms with E-state index in [0.717, 1.165) is 11.1 Å². The summed E-state index contributed by atoms with van der Waals surface area (Å²) in [5.74, 6) is -2.37. The van der Waals surface area contributed by atoms with Crippen LogP contribution in [0.4, 0.5) is 4.39 Å². The van der Waals surface area contributed by atoms with Gasteiger partial charge in [0.05, 0.1) is 5.52 Å². The molecular formula is C20H19FN2O4. The van der Waals surface area contributed by atoms with E-state index in [9.17, 15) is 24.2 Å². The van der Waals surface area contributed by atoms with Crippen LogP contribution in [0, 0.1) is 11.7 Å². The summed E-state index contributed by atoms with van der Waals surface area (Å²) in [5.41, 5.74) is 0.616. The zero-order valence-electron chi connectivity index (χ0n) is 14.9. The summed E-state index contributed by atoms with van der Waals surface area (Å²) >= 11 is 0. The summed E-state index contributed by atoms with van der Waals surface area (Å²) in [6, 6.07) is 7.76. The van der Waals surface area contributed by atoms with Gasteiger partial charge in [0.1, 0.15) is 11.3 Å². The number of aromatic carboxylic acids is 1. The van der Waals surface area contributed by atoms with Crippen LogP contribution in [0.5, 0.6) is 5.75 Å². The Morgan fingerprint density at radius 3 is 2.48 bits per heavy atom. The van der Waals surface area contributed by atoms with Crippen molar-refractivity contribution in [2.24, 2.45) is 5.92 Å². The van der Waals surface area contributed by atoms with Gasteiger partial charge in [0.2, 0.25) is 0 Å². The van der Waals surface area contributed by atoms with Crippen LogP contribution < -0.4 is 5.56 Å². The van der Waals surface area contributed by atoms with Crippen LogP contribution in [-0.2, 0) is 13.0 Å². The third-order valence-electron chi connectivity index (χ3n) is 4.22. The van der Waals surface area contributed by atoms with E-state index in [4.69, 9.17) is 0 Å². The number of aromatic hydroxyl groups is 1. The van der Waals surface area contributed by atoms with Crippen LogP contribution in [0.1, 0.15) is 35.3 Å². The number of aromatic nitrogens is 2. The normalized spacial score (nSPS) is 11.3. The number of benzene rings is 1. The molecule has 7 heteroatoms. The van der Waals surface area contributed by atoms with Crippen molar-refractivity contribution in [2.45, 2.75) is 26.8 Å². The van der Waals surface area contributed by atoms with Crippen molar-refractivity contribution in [3.63, 3.8) is 0 Å². The fraction of sp³-hybridized carbons (Fsp3) is 0.250. The number of carboxylic acid groups (broad SMARTS) is 1. The van der Waals surface area contributed by atoms with Gasteiger partial charge in [-0.25, -0.2) is 9.18 Å². The fourth-order valence-corrected chi connectivity index (χ4v) is 3.02. The highest BCUT2D eigenvalue weighted by molar-refractivity contribution is 5.97. The Morgan fingerprint density at radius 2 is 1.89 bits per heavy atom. The van der Waals surface area contributed by atoms with Crippen LogP contribution in [0.25, 0.3) is 11.0 Å². The predicted molar refractivity (Wildman–Crippen MR) is 98.7 cm³/mol. The largest absolute Gasteiger partial charge is 0.505 e. The predicted octanol–water partition coefficient (Wildman–Crippen LogP) is 3.19. The van der Waals surface area contributed by atoms with E-state index in [-0.39, 0.29) is 23.8 Å². The molecule has 0 aliphatic carbocycles. The third kappa shape index (κ3) is 3.67. The number of fused-ring (bicyclic) bond motifs is 1. The Kier molecular flexibility index (Phi) is 4.94. The van der Waals surface area contributed by atoms with Gasteiger partial charge in [0.25, 0.3) is 5.56 Å². The fourth-order valence-electron chi connectivity index (χ4n) is 3.02. The zero-order valence-corrected chi connectivity index (χ0v) is 14.9. The lowest BCUT2D eigenvalue weighted by atomic mass is 10.0. The summed E-state index contributed by atoms with van der Waals surface area (Å²) in [5, 5.41) is 19.6. The molecule has 0 fully saturated rings. The molecular weight excluding hydrogens is 351 g/mol. The lowest BCUT2D eigenvalue weighted by molar-refractivity contribution is 0.0691. The molecule has 3 aromatic rings. The Morgan fingerprint density at radius 1 is 1.22 bits per heavy atom. The van der Waals surface area contributed by atoms with Crippen LogP contribution in [0.3, 0.4) is 0 Å². The topological polar surface area (TPSA) is 92.4 Å². The molecule has 0 saturated carbocycles. The molecule has 0 bridgehead atoms. The quantitative estimate of drug-likeness (QED) is 0.720. The maximum Gasteiger partial charge on any atom is 0.345 e. The summed E-state index contributed by atoms with van der Waals surface area (Å²) < 4.78 is 14.4. The van der Waals surface area contributed by atoms with Gasteiger partial charge in [-0.1, -0.05) is 26.0 Å². The Bertz CT molecular complexity index is 1070. The van der Waals surface area contributed by atoms with E-state index in [1.165, 1.54) is 22.9 Å². The Balaban J connectivity index is 2.19. The smallest absolute Gasteiger partial charge is 0.345 e. The number of nitrogens with zero attached hydrogens (tertiary/aromatic N) is 2. The second-order valence-electron chi connectivity index (χ2n) is 6.85. The lowest BCUT2D eigenvalue weighted by Crippen LogP contribution is -2.28. The van der Waals surface area contributed by atoms with Crippen molar-refractivity contribution in [3.8, 4) is 5.75 Å². The summed E-state index contributed by atoms with van der Waals surface area (Å²) in [4.78, 5) is 28.3. The monoisotopic (exact) mass is 370 g/mol. The minimum Gasteiger partial charge on any atom is -0.505 e. The molecule has 27 heavy (non-hydrogen) atoms. The standard InChI is InChI=1S/C20H19FN2O4/c1-11(2)10-23-15-8-13(7-12-3-5-14(21)6-4-12)9-22-17(15)18(24)16(19(23)25)20(26)27/h3-6,8-9,11,24H,7,10H2,1-2H3,(H,26,27). The van der Waals surface area contributed by atoms with Crippen molar-refractivity contribution in [1.82, 2.24) is 9.55 Å². The van der Waals surface area contributed by atoms with Gasteiger partial charge in [0.15, 0.2) is 11.3 Å². The number of pyridine rings is 2. The van der Waals surface area contributed by atoms with E-state index < -0.39 is 22.8 Å². The van der Waals surface area contributed by atoms with Crippen molar-refractivity contribution < 1.29 is 19.4 Å². The summed E-state index contributed by atoms with van der Waals surface area (Å²) in [6.45, 7) is 4.10. The molecule has 6 nitrogen and oxygen atoms in total. The van der Waals surface area contributed by atoms with E-state index in [1.54, 1.807) is 18.2 Å². The Labute approximate surface area is 154 Å². The van der Waals surface area contributed by atoms with Crippen molar-refractivity contribution in [2.75, 3.05) is 0 Å². The molecule has 140 valence electrons. The molecule has 0 aliphatic rings. The number of hydrogen-bond donors (Lipinski definition) is 2.